The van der Waals surface area contributed by atoms with E-state index in [1.54, 1.807) is 4.90 Å². The van der Waals surface area contributed by atoms with Crippen LogP contribution in [0.25, 0.3) is 0 Å². The van der Waals surface area contributed by atoms with E-state index in [4.69, 9.17) is 29.6 Å². The molecule has 2 atom stereocenters. The molecule has 0 bridgehead atoms. The van der Waals surface area contributed by atoms with E-state index < -0.39 is 7.82 Å². The van der Waals surface area contributed by atoms with Crippen LogP contribution < -0.4 is 0 Å². The van der Waals surface area contributed by atoms with Crippen molar-refractivity contribution >= 4 is 7.82 Å². The zero-order valence-corrected chi connectivity index (χ0v) is 18.5. The first kappa shape index (κ1) is 29.2. The maximum atomic E-state index is 10.9. The molecule has 27 heavy (non-hydrogen) atoms. The summed E-state index contributed by atoms with van der Waals surface area (Å²) < 4.78 is 15.8. The lowest BCUT2D eigenvalue weighted by molar-refractivity contribution is 0.0962. The summed E-state index contributed by atoms with van der Waals surface area (Å²) in [7, 11) is -4.37. The van der Waals surface area contributed by atoms with E-state index in [1.165, 1.54) is 0 Å². The van der Waals surface area contributed by atoms with Crippen LogP contribution in [-0.4, -0.2) is 75.6 Å². The number of phosphoric ester groups is 1. The average Bonchev–Trinajstić information content (AvgIpc) is 2.45. The van der Waals surface area contributed by atoms with Gasteiger partial charge >= 0.3 is 7.82 Å². The van der Waals surface area contributed by atoms with Gasteiger partial charge in [0.1, 0.15) is 0 Å². The van der Waals surface area contributed by atoms with Crippen molar-refractivity contribution in [2.45, 2.75) is 60.0 Å². The Hall–Kier alpha value is -0.0500. The van der Waals surface area contributed by atoms with E-state index in [0.29, 0.717) is 50.2 Å². The molecule has 0 saturated carbocycles. The SMILES string of the molecule is CC(C)CC(C)CC(CC(C)C)OP(=O)(O)O.OCCN(CCO)CCO. The van der Waals surface area contributed by atoms with Crippen molar-refractivity contribution in [1.29, 1.82) is 0 Å². The quantitative estimate of drug-likeness (QED) is 0.272. The van der Waals surface area contributed by atoms with Gasteiger partial charge in [-0.25, -0.2) is 4.57 Å². The zero-order valence-electron chi connectivity index (χ0n) is 17.6. The van der Waals surface area contributed by atoms with E-state index in [0.717, 1.165) is 6.42 Å². The van der Waals surface area contributed by atoms with E-state index in [2.05, 4.69) is 20.8 Å². The molecule has 0 heterocycles. The third kappa shape index (κ3) is 22.1. The first-order chi connectivity index (χ1) is 12.4. The number of hydrogen-bond acceptors (Lipinski definition) is 6. The molecule has 0 amide bonds. The Morgan fingerprint density at radius 2 is 1.19 bits per heavy atom. The second kappa shape index (κ2) is 16.9. The lowest BCUT2D eigenvalue weighted by atomic mass is 9.91. The fourth-order valence-corrected chi connectivity index (χ4v) is 3.57. The highest BCUT2D eigenvalue weighted by Gasteiger charge is 2.24. The summed E-state index contributed by atoms with van der Waals surface area (Å²) in [5.41, 5.74) is 0. The molecule has 5 N–H and O–H groups in total. The maximum absolute atomic E-state index is 10.9. The van der Waals surface area contributed by atoms with Crippen LogP contribution in [0.1, 0.15) is 53.9 Å². The number of phosphoric acid groups is 1. The largest absolute Gasteiger partial charge is 0.469 e. The highest BCUT2D eigenvalue weighted by Crippen LogP contribution is 2.40. The molecule has 0 aromatic heterocycles. The molecule has 0 aliphatic rings. The Kier molecular flexibility index (Phi) is 18.2. The molecule has 0 aliphatic carbocycles. The Morgan fingerprint density at radius 3 is 1.48 bits per heavy atom. The summed E-state index contributed by atoms with van der Waals surface area (Å²) in [6, 6.07) is 0. The fraction of sp³-hybridized carbons (Fsp3) is 1.00. The predicted octanol–water partition coefficient (Wildman–Crippen LogP) is 1.85. The second-order valence-electron chi connectivity index (χ2n) is 7.83. The molecule has 8 nitrogen and oxygen atoms in total. The van der Waals surface area contributed by atoms with Crippen molar-refractivity contribution < 1.29 is 34.2 Å². The van der Waals surface area contributed by atoms with Crippen LogP contribution in [0, 0.1) is 17.8 Å². The third-order valence-corrected chi connectivity index (χ3v) is 4.38. The fourth-order valence-electron chi connectivity index (χ4n) is 3.01. The van der Waals surface area contributed by atoms with Gasteiger partial charge in [-0.2, -0.15) is 0 Å². The van der Waals surface area contributed by atoms with Gasteiger partial charge in [0.2, 0.25) is 0 Å². The maximum Gasteiger partial charge on any atom is 0.469 e. The number of aliphatic hydroxyl groups is 3. The van der Waals surface area contributed by atoms with E-state index in [1.807, 2.05) is 13.8 Å². The highest BCUT2D eigenvalue weighted by molar-refractivity contribution is 7.46. The van der Waals surface area contributed by atoms with E-state index in [-0.39, 0.29) is 25.9 Å². The molecule has 0 aromatic carbocycles. The minimum absolute atomic E-state index is 0.0694. The number of hydrogen-bond donors (Lipinski definition) is 5. The molecule has 0 aliphatic heterocycles. The normalized spacial score (nSPS) is 14.4. The van der Waals surface area contributed by atoms with Crippen molar-refractivity contribution in [1.82, 2.24) is 4.90 Å². The Balaban J connectivity index is 0. The molecule has 0 saturated heterocycles. The third-order valence-electron chi connectivity index (χ3n) is 3.81. The van der Waals surface area contributed by atoms with Gasteiger partial charge in [0.15, 0.2) is 0 Å². The predicted molar refractivity (Wildman–Crippen MR) is 107 cm³/mol. The summed E-state index contributed by atoms with van der Waals surface area (Å²) >= 11 is 0. The van der Waals surface area contributed by atoms with Crippen molar-refractivity contribution in [3.05, 3.63) is 0 Å². The summed E-state index contributed by atoms with van der Waals surface area (Å²) in [4.78, 5) is 19.6. The van der Waals surface area contributed by atoms with Crippen molar-refractivity contribution in [2.24, 2.45) is 17.8 Å². The minimum atomic E-state index is -4.37. The molecule has 0 fully saturated rings. The van der Waals surface area contributed by atoms with Crippen molar-refractivity contribution in [3.63, 3.8) is 0 Å². The van der Waals surface area contributed by atoms with Gasteiger partial charge in [-0.15, -0.1) is 0 Å². The average molecular weight is 416 g/mol. The monoisotopic (exact) mass is 415 g/mol. The topological polar surface area (TPSA) is 131 Å². The summed E-state index contributed by atoms with van der Waals surface area (Å²) in [5.74, 6) is 1.39. The number of rotatable bonds is 14. The molecule has 166 valence electrons. The van der Waals surface area contributed by atoms with Crippen LogP contribution in [0.5, 0.6) is 0 Å². The Bertz CT molecular complexity index is 362. The van der Waals surface area contributed by atoms with Gasteiger partial charge in [-0.1, -0.05) is 34.6 Å². The van der Waals surface area contributed by atoms with Crippen LogP contribution in [-0.2, 0) is 9.09 Å². The second-order valence-corrected chi connectivity index (χ2v) is 9.02. The zero-order chi connectivity index (χ0) is 21.5. The minimum Gasteiger partial charge on any atom is -0.395 e. The molecular formula is C18H42NO7P. The van der Waals surface area contributed by atoms with Gasteiger partial charge in [0.05, 0.1) is 25.9 Å². The standard InChI is InChI=1S/C12H27O4P.C6H15NO3/c1-9(2)6-11(5)8-12(7-10(3)4)16-17(13,14)15;8-4-1-7(2-5-9)3-6-10/h9-12H,6-8H2,1-5H3,(H2,13,14,15);8-10H,1-6H2. The van der Waals surface area contributed by atoms with Gasteiger partial charge in [0.25, 0.3) is 0 Å². The molecule has 0 rings (SSSR count). The number of aliphatic hydroxyl groups excluding tert-OH is 3. The lowest BCUT2D eigenvalue weighted by Crippen LogP contribution is -2.32. The Morgan fingerprint density at radius 1 is 0.778 bits per heavy atom. The van der Waals surface area contributed by atoms with Gasteiger partial charge in [-0.3, -0.25) is 9.42 Å². The Labute approximate surface area is 164 Å². The van der Waals surface area contributed by atoms with Gasteiger partial charge < -0.3 is 25.1 Å². The van der Waals surface area contributed by atoms with Crippen LogP contribution in [0.2, 0.25) is 0 Å². The molecular weight excluding hydrogens is 373 g/mol. The molecule has 0 spiro atoms. The van der Waals surface area contributed by atoms with Crippen LogP contribution in [0.15, 0.2) is 0 Å². The summed E-state index contributed by atoms with van der Waals surface area (Å²) in [5, 5.41) is 25.5. The van der Waals surface area contributed by atoms with Crippen LogP contribution >= 0.6 is 7.82 Å². The van der Waals surface area contributed by atoms with Crippen molar-refractivity contribution in [2.75, 3.05) is 39.5 Å². The molecule has 9 heteroatoms. The number of nitrogens with zero attached hydrogens (tertiary/aromatic N) is 1. The molecule has 0 radical (unpaired) electrons. The smallest absolute Gasteiger partial charge is 0.395 e. The van der Waals surface area contributed by atoms with Crippen LogP contribution in [0.4, 0.5) is 0 Å². The van der Waals surface area contributed by atoms with Gasteiger partial charge in [0, 0.05) is 19.6 Å². The van der Waals surface area contributed by atoms with Crippen molar-refractivity contribution in [3.8, 4) is 0 Å². The van der Waals surface area contributed by atoms with Crippen LogP contribution in [0.3, 0.4) is 0 Å². The first-order valence-electron chi connectivity index (χ1n) is 9.73. The molecule has 2 unspecified atom stereocenters. The summed E-state index contributed by atoms with van der Waals surface area (Å²) in [6.45, 7) is 12.2. The first-order valence-corrected chi connectivity index (χ1v) is 11.3. The highest BCUT2D eigenvalue weighted by atomic mass is 31.2. The summed E-state index contributed by atoms with van der Waals surface area (Å²) in [6.07, 6.45) is 2.11. The van der Waals surface area contributed by atoms with E-state index >= 15 is 0 Å². The van der Waals surface area contributed by atoms with Gasteiger partial charge in [-0.05, 0) is 37.0 Å². The lowest BCUT2D eigenvalue weighted by Gasteiger charge is -2.24. The van der Waals surface area contributed by atoms with E-state index in [9.17, 15) is 4.57 Å². The molecule has 0 aromatic rings.